The third kappa shape index (κ3) is 2.61. The molecule has 1 aromatic carbocycles. The number of thiazole rings is 1. The maximum Gasteiger partial charge on any atom is 0.159 e. The van der Waals surface area contributed by atoms with Crippen LogP contribution in [0.4, 0.5) is 5.69 Å². The van der Waals surface area contributed by atoms with Gasteiger partial charge < -0.3 is 4.90 Å². The molecular formula is C16H18N2OS. The summed E-state index contributed by atoms with van der Waals surface area (Å²) in [4.78, 5) is 18.4. The predicted molar refractivity (Wildman–Crippen MR) is 82.7 cm³/mol. The minimum Gasteiger partial charge on any atom is -0.365 e. The summed E-state index contributed by atoms with van der Waals surface area (Å²) in [6, 6.07) is 6.08. The second-order valence-corrected chi connectivity index (χ2v) is 6.34. The van der Waals surface area contributed by atoms with E-state index in [0.717, 1.165) is 42.2 Å². The number of carbonyl (C=O) groups is 1. The van der Waals surface area contributed by atoms with Crippen molar-refractivity contribution in [3.63, 3.8) is 0 Å². The number of anilines is 1. The van der Waals surface area contributed by atoms with Crippen molar-refractivity contribution in [3.8, 4) is 0 Å². The Morgan fingerprint density at radius 1 is 1.45 bits per heavy atom. The largest absolute Gasteiger partial charge is 0.365 e. The molecule has 0 atom stereocenters. The number of hydrogen-bond acceptors (Lipinski definition) is 4. The number of aromatic nitrogens is 1. The normalized spacial score (nSPS) is 14.2. The van der Waals surface area contributed by atoms with Crippen molar-refractivity contribution < 1.29 is 4.79 Å². The molecule has 1 aliphatic rings. The molecule has 2 heterocycles. The quantitative estimate of drug-likeness (QED) is 0.808. The summed E-state index contributed by atoms with van der Waals surface area (Å²) in [5.41, 5.74) is 4.49. The van der Waals surface area contributed by atoms with Crippen LogP contribution in [0.25, 0.3) is 0 Å². The van der Waals surface area contributed by atoms with Crippen LogP contribution in [0.15, 0.2) is 23.6 Å². The molecule has 0 unspecified atom stereocenters. The summed E-state index contributed by atoms with van der Waals surface area (Å²) in [6.45, 7) is 5.58. The summed E-state index contributed by atoms with van der Waals surface area (Å²) in [5.74, 6) is 0.139. The van der Waals surface area contributed by atoms with Crippen LogP contribution in [0.2, 0.25) is 0 Å². The molecular weight excluding hydrogens is 268 g/mol. The smallest absolute Gasteiger partial charge is 0.159 e. The number of Topliss-reactive ketones (excluding diaryl/α,β-unsaturated/α-hetero) is 1. The van der Waals surface area contributed by atoms with E-state index < -0.39 is 0 Å². The average molecular weight is 286 g/mol. The monoisotopic (exact) mass is 286 g/mol. The summed E-state index contributed by atoms with van der Waals surface area (Å²) in [7, 11) is 0. The molecule has 0 saturated heterocycles. The van der Waals surface area contributed by atoms with Gasteiger partial charge in [0.15, 0.2) is 5.78 Å². The zero-order chi connectivity index (χ0) is 14.1. The second-order valence-electron chi connectivity index (χ2n) is 5.28. The van der Waals surface area contributed by atoms with Crippen molar-refractivity contribution in [2.45, 2.75) is 33.2 Å². The van der Waals surface area contributed by atoms with Gasteiger partial charge in [0.25, 0.3) is 0 Å². The first kappa shape index (κ1) is 13.3. The predicted octanol–water partition coefficient (Wildman–Crippen LogP) is 3.61. The number of ketones is 1. The van der Waals surface area contributed by atoms with Gasteiger partial charge in [0.05, 0.1) is 17.2 Å². The highest BCUT2D eigenvalue weighted by molar-refractivity contribution is 7.09. The van der Waals surface area contributed by atoms with E-state index in [-0.39, 0.29) is 5.78 Å². The standard InChI is InChI=1S/C16H18N2OS/c1-11(19)13-5-6-16-14(8-13)4-3-7-18(16)9-15-10-20-12(2)17-15/h5-6,8,10H,3-4,7,9H2,1-2H3. The number of nitrogens with zero attached hydrogens (tertiary/aromatic N) is 2. The molecule has 0 spiro atoms. The lowest BCUT2D eigenvalue weighted by molar-refractivity contribution is 0.101. The Morgan fingerprint density at radius 3 is 3.00 bits per heavy atom. The first-order valence-electron chi connectivity index (χ1n) is 6.93. The second kappa shape index (κ2) is 5.37. The van der Waals surface area contributed by atoms with Crippen LogP contribution in [0.1, 0.15) is 40.0 Å². The summed E-state index contributed by atoms with van der Waals surface area (Å²) < 4.78 is 0. The Hall–Kier alpha value is -1.68. The zero-order valence-corrected chi connectivity index (χ0v) is 12.7. The van der Waals surface area contributed by atoms with Gasteiger partial charge in [-0.15, -0.1) is 11.3 Å². The topological polar surface area (TPSA) is 33.2 Å². The highest BCUT2D eigenvalue weighted by Gasteiger charge is 2.18. The first-order valence-corrected chi connectivity index (χ1v) is 7.81. The van der Waals surface area contributed by atoms with E-state index in [1.54, 1.807) is 18.3 Å². The molecule has 0 fully saturated rings. The van der Waals surface area contributed by atoms with Crippen LogP contribution < -0.4 is 4.90 Å². The summed E-state index contributed by atoms with van der Waals surface area (Å²) in [6.07, 6.45) is 2.19. The van der Waals surface area contributed by atoms with E-state index >= 15 is 0 Å². The molecule has 0 bridgehead atoms. The Bertz CT molecular complexity index is 648. The van der Waals surface area contributed by atoms with E-state index in [9.17, 15) is 4.79 Å². The molecule has 3 nitrogen and oxygen atoms in total. The molecule has 0 N–H and O–H groups in total. The van der Waals surface area contributed by atoms with Gasteiger partial charge >= 0.3 is 0 Å². The fourth-order valence-corrected chi connectivity index (χ4v) is 3.34. The lowest BCUT2D eigenvalue weighted by atomic mass is 9.98. The minimum absolute atomic E-state index is 0.139. The molecule has 1 aromatic heterocycles. The van der Waals surface area contributed by atoms with Crippen molar-refractivity contribution in [1.82, 2.24) is 4.98 Å². The van der Waals surface area contributed by atoms with Gasteiger partial charge in [0.2, 0.25) is 0 Å². The average Bonchev–Trinajstić information content (AvgIpc) is 2.84. The Labute approximate surface area is 123 Å². The molecule has 104 valence electrons. The van der Waals surface area contributed by atoms with E-state index in [1.807, 2.05) is 13.0 Å². The van der Waals surface area contributed by atoms with E-state index in [4.69, 9.17) is 0 Å². The molecule has 0 saturated carbocycles. The molecule has 4 heteroatoms. The molecule has 20 heavy (non-hydrogen) atoms. The van der Waals surface area contributed by atoms with E-state index in [0.29, 0.717) is 0 Å². The van der Waals surface area contributed by atoms with Gasteiger partial charge in [0.1, 0.15) is 0 Å². The highest BCUT2D eigenvalue weighted by atomic mass is 32.1. The van der Waals surface area contributed by atoms with Crippen molar-refractivity contribution in [2.75, 3.05) is 11.4 Å². The van der Waals surface area contributed by atoms with E-state index in [2.05, 4.69) is 27.4 Å². The van der Waals surface area contributed by atoms with Crippen LogP contribution >= 0.6 is 11.3 Å². The Morgan fingerprint density at radius 2 is 2.30 bits per heavy atom. The molecule has 1 aliphatic heterocycles. The van der Waals surface area contributed by atoms with Gasteiger partial charge in [-0.3, -0.25) is 4.79 Å². The maximum atomic E-state index is 11.5. The van der Waals surface area contributed by atoms with Gasteiger partial charge in [-0.25, -0.2) is 4.98 Å². The third-order valence-electron chi connectivity index (χ3n) is 3.72. The third-order valence-corrected chi connectivity index (χ3v) is 4.54. The number of aryl methyl sites for hydroxylation is 2. The Balaban J connectivity index is 1.88. The molecule has 0 aliphatic carbocycles. The number of hydrogen-bond donors (Lipinski definition) is 0. The maximum absolute atomic E-state index is 11.5. The zero-order valence-electron chi connectivity index (χ0n) is 11.8. The van der Waals surface area contributed by atoms with Crippen molar-refractivity contribution in [2.24, 2.45) is 0 Å². The minimum atomic E-state index is 0.139. The number of benzene rings is 1. The van der Waals surface area contributed by atoms with Crippen molar-refractivity contribution in [3.05, 3.63) is 45.4 Å². The fraction of sp³-hybridized carbons (Fsp3) is 0.375. The van der Waals surface area contributed by atoms with Crippen molar-refractivity contribution >= 4 is 22.8 Å². The molecule has 0 amide bonds. The van der Waals surface area contributed by atoms with Crippen LogP contribution in [0, 0.1) is 6.92 Å². The lowest BCUT2D eigenvalue weighted by Crippen LogP contribution is -2.29. The number of carbonyl (C=O) groups excluding carboxylic acids is 1. The SMILES string of the molecule is CC(=O)c1ccc2c(c1)CCCN2Cc1csc(C)n1. The van der Waals surface area contributed by atoms with Crippen LogP contribution in [-0.2, 0) is 13.0 Å². The van der Waals surface area contributed by atoms with Gasteiger partial charge in [-0.05, 0) is 50.5 Å². The highest BCUT2D eigenvalue weighted by Crippen LogP contribution is 2.29. The summed E-state index contributed by atoms with van der Waals surface area (Å²) >= 11 is 1.70. The van der Waals surface area contributed by atoms with Crippen LogP contribution in [-0.4, -0.2) is 17.3 Å². The van der Waals surface area contributed by atoms with Gasteiger partial charge in [-0.1, -0.05) is 0 Å². The van der Waals surface area contributed by atoms with Gasteiger partial charge in [0, 0.05) is 23.2 Å². The van der Waals surface area contributed by atoms with Crippen molar-refractivity contribution in [1.29, 1.82) is 0 Å². The summed E-state index contributed by atoms with van der Waals surface area (Å²) in [5, 5.41) is 3.25. The Kier molecular flexibility index (Phi) is 3.57. The van der Waals surface area contributed by atoms with Gasteiger partial charge in [-0.2, -0.15) is 0 Å². The first-order chi connectivity index (χ1) is 9.63. The number of fused-ring (bicyclic) bond motifs is 1. The lowest BCUT2D eigenvalue weighted by Gasteiger charge is -2.31. The van der Waals surface area contributed by atoms with Crippen LogP contribution in [0.3, 0.4) is 0 Å². The fourth-order valence-electron chi connectivity index (χ4n) is 2.73. The molecule has 0 radical (unpaired) electrons. The molecule has 2 aromatic rings. The number of rotatable bonds is 3. The molecule has 3 rings (SSSR count). The van der Waals surface area contributed by atoms with Crippen LogP contribution in [0.5, 0.6) is 0 Å². The van der Waals surface area contributed by atoms with E-state index in [1.165, 1.54) is 11.3 Å².